The maximum Gasteiger partial charge on any atom is 0.249 e. The van der Waals surface area contributed by atoms with Crippen molar-refractivity contribution < 1.29 is 13.2 Å². The molecule has 0 spiro atoms. The van der Waals surface area contributed by atoms with Crippen molar-refractivity contribution in [3.63, 3.8) is 0 Å². The lowest BCUT2D eigenvalue weighted by Crippen LogP contribution is -2.30. The van der Waals surface area contributed by atoms with Gasteiger partial charge < -0.3 is 5.32 Å². The molecule has 1 amide bonds. The van der Waals surface area contributed by atoms with Gasteiger partial charge in [0.05, 0.1) is 10.5 Å². The second-order valence-electron chi connectivity index (χ2n) is 5.26. The maximum atomic E-state index is 12.4. The van der Waals surface area contributed by atoms with Gasteiger partial charge in [0.2, 0.25) is 15.9 Å². The molecule has 2 rings (SSSR count). The number of anilines is 1. The highest BCUT2D eigenvalue weighted by molar-refractivity contribution is 7.89. The fourth-order valence-electron chi connectivity index (χ4n) is 2.28. The molecule has 8 heteroatoms. The molecule has 1 heterocycles. The van der Waals surface area contributed by atoms with Crippen molar-refractivity contribution in [3.05, 3.63) is 52.9 Å². The van der Waals surface area contributed by atoms with Crippen LogP contribution in [0.25, 0.3) is 6.08 Å². The van der Waals surface area contributed by atoms with E-state index >= 15 is 0 Å². The number of hydrogen-bond donors (Lipinski definition) is 1. The number of nitriles is 1. The smallest absolute Gasteiger partial charge is 0.249 e. The van der Waals surface area contributed by atoms with Crippen LogP contribution in [0.1, 0.15) is 25.0 Å². The first-order valence-electron chi connectivity index (χ1n) is 7.99. The molecule has 1 aromatic heterocycles. The van der Waals surface area contributed by atoms with Crippen LogP contribution in [0.5, 0.6) is 0 Å². The zero-order chi connectivity index (χ0) is 19.2. The van der Waals surface area contributed by atoms with Crippen molar-refractivity contribution in [3.8, 4) is 6.07 Å². The fourth-order valence-corrected chi connectivity index (χ4v) is 4.48. The predicted molar refractivity (Wildman–Crippen MR) is 103 cm³/mol. The molecule has 0 bridgehead atoms. The van der Waals surface area contributed by atoms with E-state index in [9.17, 15) is 13.2 Å². The van der Waals surface area contributed by atoms with Gasteiger partial charge in [0, 0.05) is 19.2 Å². The molecule has 0 radical (unpaired) electrons. The van der Waals surface area contributed by atoms with Crippen molar-refractivity contribution in [2.24, 2.45) is 0 Å². The number of hydrogen-bond acceptors (Lipinski definition) is 5. The summed E-state index contributed by atoms with van der Waals surface area (Å²) in [5, 5.41) is 13.8. The molecule has 0 unspecified atom stereocenters. The third-order valence-corrected chi connectivity index (χ3v) is 6.57. The van der Waals surface area contributed by atoms with Crippen molar-refractivity contribution in [2.45, 2.75) is 18.7 Å². The van der Waals surface area contributed by atoms with E-state index in [0.29, 0.717) is 29.2 Å². The summed E-state index contributed by atoms with van der Waals surface area (Å²) in [5.41, 5.74) is 1.12. The zero-order valence-electron chi connectivity index (χ0n) is 14.5. The number of amides is 1. The van der Waals surface area contributed by atoms with Crippen LogP contribution >= 0.6 is 11.3 Å². The summed E-state index contributed by atoms with van der Waals surface area (Å²) in [6, 6.07) is 9.98. The van der Waals surface area contributed by atoms with Gasteiger partial charge in [0.25, 0.3) is 0 Å². The summed E-state index contributed by atoms with van der Waals surface area (Å²) in [7, 11) is -3.49. The Morgan fingerprint density at radius 1 is 1.23 bits per heavy atom. The molecule has 6 nitrogen and oxygen atoms in total. The minimum atomic E-state index is -3.49. The van der Waals surface area contributed by atoms with Crippen LogP contribution in [0.2, 0.25) is 0 Å². The Morgan fingerprint density at radius 2 is 1.88 bits per heavy atom. The van der Waals surface area contributed by atoms with Crippen LogP contribution in [0.3, 0.4) is 0 Å². The molecule has 0 aliphatic rings. The summed E-state index contributed by atoms with van der Waals surface area (Å²) in [4.78, 5) is 12.2. The lowest BCUT2D eigenvalue weighted by Gasteiger charge is -2.18. The van der Waals surface area contributed by atoms with Crippen molar-refractivity contribution in [1.82, 2.24) is 4.31 Å². The standard InChI is InChI=1S/C18H19N3O3S2/c1-3-21(4-2)26(23,24)16-8-5-14(6-9-16)7-10-17(22)20-18-15(13-19)11-12-25-18/h5-12H,3-4H2,1-2H3,(H,20,22)/b10-7+. The first-order chi connectivity index (χ1) is 12.4. The van der Waals surface area contributed by atoms with E-state index in [1.807, 2.05) is 6.07 Å². The number of rotatable bonds is 7. The molecule has 0 fully saturated rings. The fraction of sp³-hybridized carbons (Fsp3) is 0.222. The van der Waals surface area contributed by atoms with Crippen molar-refractivity contribution in [2.75, 3.05) is 18.4 Å². The first-order valence-corrected chi connectivity index (χ1v) is 10.3. The second-order valence-corrected chi connectivity index (χ2v) is 8.11. The molecule has 1 N–H and O–H groups in total. The topological polar surface area (TPSA) is 90.3 Å². The van der Waals surface area contributed by atoms with E-state index in [0.717, 1.165) is 0 Å². The average molecular weight is 390 g/mol. The van der Waals surface area contributed by atoms with Crippen LogP contribution in [0.15, 0.2) is 46.7 Å². The molecule has 0 aliphatic carbocycles. The molecular formula is C18H19N3O3S2. The van der Waals surface area contributed by atoms with E-state index in [1.54, 1.807) is 43.5 Å². The maximum absolute atomic E-state index is 12.4. The molecule has 2 aromatic rings. The summed E-state index contributed by atoms with van der Waals surface area (Å²) in [5.74, 6) is -0.358. The van der Waals surface area contributed by atoms with Crippen molar-refractivity contribution >= 4 is 38.3 Å². The van der Waals surface area contributed by atoms with Gasteiger partial charge in [-0.15, -0.1) is 11.3 Å². The van der Waals surface area contributed by atoms with Gasteiger partial charge in [-0.3, -0.25) is 4.79 Å². The number of nitrogens with zero attached hydrogens (tertiary/aromatic N) is 2. The lowest BCUT2D eigenvalue weighted by atomic mass is 10.2. The number of carbonyl (C=O) groups excluding carboxylic acids is 1. The van der Waals surface area contributed by atoms with Crippen LogP contribution in [0.4, 0.5) is 5.00 Å². The number of sulfonamides is 1. The van der Waals surface area contributed by atoms with Gasteiger partial charge in [-0.1, -0.05) is 26.0 Å². The Hall–Kier alpha value is -2.47. The summed E-state index contributed by atoms with van der Waals surface area (Å²) in [6.07, 6.45) is 2.93. The number of benzene rings is 1. The zero-order valence-corrected chi connectivity index (χ0v) is 16.1. The van der Waals surface area contributed by atoms with E-state index in [1.165, 1.54) is 33.9 Å². The SMILES string of the molecule is CCN(CC)S(=O)(=O)c1ccc(/C=C/C(=O)Nc2sccc2C#N)cc1. The third kappa shape index (κ3) is 4.58. The largest absolute Gasteiger partial charge is 0.313 e. The molecule has 0 aliphatic heterocycles. The van der Waals surface area contributed by atoms with Gasteiger partial charge in [-0.2, -0.15) is 9.57 Å². The highest BCUT2D eigenvalue weighted by atomic mass is 32.2. The Balaban J connectivity index is 2.08. The van der Waals surface area contributed by atoms with Gasteiger partial charge in [-0.05, 0) is 35.2 Å². The monoisotopic (exact) mass is 389 g/mol. The van der Waals surface area contributed by atoms with Gasteiger partial charge in [0.15, 0.2) is 0 Å². The minimum absolute atomic E-state index is 0.222. The lowest BCUT2D eigenvalue weighted by molar-refractivity contribution is -0.111. The van der Waals surface area contributed by atoms with Gasteiger partial charge >= 0.3 is 0 Å². The van der Waals surface area contributed by atoms with Crippen LogP contribution < -0.4 is 5.32 Å². The predicted octanol–water partition coefficient (Wildman–Crippen LogP) is 3.30. The molecule has 0 atom stereocenters. The molecule has 0 saturated carbocycles. The first kappa shape index (κ1) is 19.8. The normalized spacial score (nSPS) is 11.6. The molecule has 136 valence electrons. The molecule has 0 saturated heterocycles. The highest BCUT2D eigenvalue weighted by Gasteiger charge is 2.20. The number of nitrogens with one attached hydrogen (secondary N) is 1. The van der Waals surface area contributed by atoms with Crippen LogP contribution in [-0.2, 0) is 14.8 Å². The van der Waals surface area contributed by atoms with Gasteiger partial charge in [-0.25, -0.2) is 8.42 Å². The van der Waals surface area contributed by atoms with E-state index in [2.05, 4.69) is 5.32 Å². The average Bonchev–Trinajstić information content (AvgIpc) is 3.08. The Morgan fingerprint density at radius 3 is 2.46 bits per heavy atom. The van der Waals surface area contributed by atoms with Crippen molar-refractivity contribution in [1.29, 1.82) is 5.26 Å². The number of thiophene rings is 1. The van der Waals surface area contributed by atoms with E-state index in [-0.39, 0.29) is 10.8 Å². The Kier molecular flexibility index (Phi) is 6.69. The molecule has 1 aromatic carbocycles. The van der Waals surface area contributed by atoms with Crippen LogP contribution in [-0.4, -0.2) is 31.7 Å². The quantitative estimate of drug-likeness (QED) is 0.736. The Labute approximate surface area is 157 Å². The third-order valence-electron chi connectivity index (χ3n) is 3.67. The van der Waals surface area contributed by atoms with E-state index < -0.39 is 10.0 Å². The van der Waals surface area contributed by atoms with Crippen LogP contribution in [0, 0.1) is 11.3 Å². The summed E-state index contributed by atoms with van der Waals surface area (Å²) in [6.45, 7) is 4.41. The summed E-state index contributed by atoms with van der Waals surface area (Å²) < 4.78 is 26.2. The minimum Gasteiger partial charge on any atom is -0.313 e. The summed E-state index contributed by atoms with van der Waals surface area (Å²) >= 11 is 1.28. The number of carbonyl (C=O) groups is 1. The molecular weight excluding hydrogens is 370 g/mol. The highest BCUT2D eigenvalue weighted by Crippen LogP contribution is 2.22. The second kappa shape index (κ2) is 8.76. The molecule has 26 heavy (non-hydrogen) atoms. The Bertz CT molecular complexity index is 935. The van der Waals surface area contributed by atoms with E-state index in [4.69, 9.17) is 5.26 Å². The van der Waals surface area contributed by atoms with Gasteiger partial charge in [0.1, 0.15) is 11.1 Å².